The highest BCUT2D eigenvalue weighted by Gasteiger charge is 2.16. The van der Waals surface area contributed by atoms with E-state index in [-0.39, 0.29) is 0 Å². The Labute approximate surface area is 62.0 Å². The zero-order valence-electron chi connectivity index (χ0n) is 6.43. The standard InChI is InChI=1S/C8H14N2/c1-3-7(9-2)8-5-4-6-10-8/h3,8,10H,2,4-6H2,1H3/b7-3-. The normalized spacial score (nSPS) is 26.9. The van der Waals surface area contributed by atoms with Crippen molar-refractivity contribution in [1.82, 2.24) is 5.32 Å². The van der Waals surface area contributed by atoms with E-state index in [1.165, 1.54) is 12.8 Å². The average Bonchev–Trinajstić information content (AvgIpc) is 2.43. The van der Waals surface area contributed by atoms with Crippen molar-refractivity contribution in [2.24, 2.45) is 4.99 Å². The predicted octanol–water partition coefficient (Wildman–Crippen LogP) is 1.34. The van der Waals surface area contributed by atoms with Crippen molar-refractivity contribution < 1.29 is 0 Å². The van der Waals surface area contributed by atoms with Crippen LogP contribution in [0.2, 0.25) is 0 Å². The quantitative estimate of drug-likeness (QED) is 0.572. The predicted molar refractivity (Wildman–Crippen MR) is 44.3 cm³/mol. The van der Waals surface area contributed by atoms with Crippen LogP contribution in [0.3, 0.4) is 0 Å². The van der Waals surface area contributed by atoms with Crippen molar-refractivity contribution in [3.63, 3.8) is 0 Å². The number of rotatable bonds is 2. The van der Waals surface area contributed by atoms with Gasteiger partial charge in [0.15, 0.2) is 0 Å². The van der Waals surface area contributed by atoms with Gasteiger partial charge in [0.1, 0.15) is 0 Å². The third kappa shape index (κ3) is 1.45. The minimum absolute atomic E-state index is 0.475. The van der Waals surface area contributed by atoms with E-state index in [1.54, 1.807) is 0 Å². The van der Waals surface area contributed by atoms with Gasteiger partial charge in [-0.15, -0.1) is 0 Å². The number of aliphatic imine (C=N–C) groups is 1. The van der Waals surface area contributed by atoms with Crippen LogP contribution in [0.4, 0.5) is 0 Å². The summed E-state index contributed by atoms with van der Waals surface area (Å²) < 4.78 is 0. The highest BCUT2D eigenvalue weighted by molar-refractivity contribution is 5.30. The summed E-state index contributed by atoms with van der Waals surface area (Å²) in [5.74, 6) is 0. The van der Waals surface area contributed by atoms with Crippen molar-refractivity contribution in [2.75, 3.05) is 6.54 Å². The van der Waals surface area contributed by atoms with Crippen molar-refractivity contribution in [2.45, 2.75) is 25.8 Å². The second-order valence-electron chi connectivity index (χ2n) is 2.52. The molecule has 1 unspecified atom stereocenters. The van der Waals surface area contributed by atoms with Gasteiger partial charge in [-0.2, -0.15) is 0 Å². The molecule has 1 heterocycles. The van der Waals surface area contributed by atoms with Gasteiger partial charge in [-0.1, -0.05) is 6.08 Å². The third-order valence-corrected chi connectivity index (χ3v) is 1.90. The zero-order chi connectivity index (χ0) is 7.40. The summed E-state index contributed by atoms with van der Waals surface area (Å²) in [6, 6.07) is 0.475. The van der Waals surface area contributed by atoms with Crippen LogP contribution < -0.4 is 5.32 Å². The van der Waals surface area contributed by atoms with Gasteiger partial charge < -0.3 is 5.32 Å². The summed E-state index contributed by atoms with van der Waals surface area (Å²) in [6.07, 6.45) is 4.49. The second-order valence-corrected chi connectivity index (χ2v) is 2.52. The first kappa shape index (κ1) is 7.48. The number of nitrogens with zero attached hydrogens (tertiary/aromatic N) is 1. The molecule has 0 bridgehead atoms. The van der Waals surface area contributed by atoms with Crippen LogP contribution in [0.25, 0.3) is 0 Å². The van der Waals surface area contributed by atoms with E-state index in [2.05, 4.69) is 17.0 Å². The van der Waals surface area contributed by atoms with Gasteiger partial charge in [0, 0.05) is 6.04 Å². The Morgan fingerprint density at radius 3 is 3.00 bits per heavy atom. The molecule has 56 valence electrons. The third-order valence-electron chi connectivity index (χ3n) is 1.90. The molecule has 10 heavy (non-hydrogen) atoms. The van der Waals surface area contributed by atoms with Gasteiger partial charge in [-0.05, 0) is 33.0 Å². The maximum atomic E-state index is 3.94. The first-order chi connectivity index (χ1) is 4.88. The van der Waals surface area contributed by atoms with Gasteiger partial charge in [-0.3, -0.25) is 4.99 Å². The molecule has 1 rings (SSSR count). The van der Waals surface area contributed by atoms with Crippen LogP contribution in [0.5, 0.6) is 0 Å². The SMILES string of the molecule is C=N/C(=C\C)C1CCCN1. The van der Waals surface area contributed by atoms with E-state index in [0.717, 1.165) is 12.2 Å². The van der Waals surface area contributed by atoms with Crippen LogP contribution >= 0.6 is 0 Å². The van der Waals surface area contributed by atoms with Crippen LogP contribution in [-0.2, 0) is 0 Å². The van der Waals surface area contributed by atoms with E-state index in [1.807, 2.05) is 13.0 Å². The minimum atomic E-state index is 0.475. The molecule has 2 heteroatoms. The average molecular weight is 138 g/mol. The summed E-state index contributed by atoms with van der Waals surface area (Å²) in [4.78, 5) is 3.94. The van der Waals surface area contributed by atoms with Gasteiger partial charge in [0.2, 0.25) is 0 Å². The molecule has 1 aliphatic rings. The van der Waals surface area contributed by atoms with E-state index in [4.69, 9.17) is 0 Å². The maximum Gasteiger partial charge on any atom is 0.0523 e. The van der Waals surface area contributed by atoms with Crippen molar-refractivity contribution in [3.05, 3.63) is 11.8 Å². The Morgan fingerprint density at radius 2 is 2.60 bits per heavy atom. The van der Waals surface area contributed by atoms with Gasteiger partial charge in [0.25, 0.3) is 0 Å². The monoisotopic (exact) mass is 138 g/mol. The van der Waals surface area contributed by atoms with Crippen molar-refractivity contribution >= 4 is 6.72 Å². The fourth-order valence-corrected chi connectivity index (χ4v) is 1.34. The number of allylic oxidation sites excluding steroid dienone is 1. The fraction of sp³-hybridized carbons (Fsp3) is 0.625. The van der Waals surface area contributed by atoms with E-state index < -0.39 is 0 Å². The molecule has 0 radical (unpaired) electrons. The molecular formula is C8H14N2. The van der Waals surface area contributed by atoms with Crippen LogP contribution in [0, 0.1) is 0 Å². The first-order valence-corrected chi connectivity index (χ1v) is 3.75. The molecular weight excluding hydrogens is 124 g/mol. The minimum Gasteiger partial charge on any atom is -0.309 e. The Morgan fingerprint density at radius 1 is 1.80 bits per heavy atom. The Balaban J connectivity index is 2.53. The summed E-state index contributed by atoms with van der Waals surface area (Å²) in [7, 11) is 0. The van der Waals surface area contributed by atoms with Crippen molar-refractivity contribution in [3.8, 4) is 0 Å². The lowest BCUT2D eigenvalue weighted by Crippen LogP contribution is -2.22. The van der Waals surface area contributed by atoms with Crippen molar-refractivity contribution in [1.29, 1.82) is 0 Å². The molecule has 1 atom stereocenters. The zero-order valence-corrected chi connectivity index (χ0v) is 6.43. The molecule has 1 saturated heterocycles. The maximum absolute atomic E-state index is 3.94. The largest absolute Gasteiger partial charge is 0.309 e. The highest BCUT2D eigenvalue weighted by atomic mass is 15.0. The van der Waals surface area contributed by atoms with Gasteiger partial charge >= 0.3 is 0 Å². The summed E-state index contributed by atoms with van der Waals surface area (Å²) >= 11 is 0. The van der Waals surface area contributed by atoms with Crippen LogP contribution in [0.1, 0.15) is 19.8 Å². The van der Waals surface area contributed by atoms with Gasteiger partial charge in [-0.25, -0.2) is 0 Å². The number of hydrogen-bond acceptors (Lipinski definition) is 2. The molecule has 0 amide bonds. The molecule has 0 aromatic heterocycles. The van der Waals surface area contributed by atoms with E-state index in [0.29, 0.717) is 6.04 Å². The van der Waals surface area contributed by atoms with Crippen LogP contribution in [-0.4, -0.2) is 19.3 Å². The smallest absolute Gasteiger partial charge is 0.0523 e. The molecule has 0 aromatic rings. The summed E-state index contributed by atoms with van der Waals surface area (Å²) in [5, 5.41) is 3.36. The first-order valence-electron chi connectivity index (χ1n) is 3.75. The lowest BCUT2D eigenvalue weighted by molar-refractivity contribution is 0.682. The van der Waals surface area contributed by atoms with Crippen LogP contribution in [0.15, 0.2) is 16.8 Å². The molecule has 0 aromatic carbocycles. The number of hydrogen-bond donors (Lipinski definition) is 1. The Kier molecular flexibility index (Phi) is 2.63. The highest BCUT2D eigenvalue weighted by Crippen LogP contribution is 2.14. The van der Waals surface area contributed by atoms with E-state index in [9.17, 15) is 0 Å². The molecule has 0 saturated carbocycles. The molecule has 0 spiro atoms. The fourth-order valence-electron chi connectivity index (χ4n) is 1.34. The molecule has 0 aliphatic carbocycles. The van der Waals surface area contributed by atoms with E-state index >= 15 is 0 Å². The summed E-state index contributed by atoms with van der Waals surface area (Å²) in [5.41, 5.74) is 1.09. The topological polar surface area (TPSA) is 24.4 Å². The molecule has 1 N–H and O–H groups in total. The molecule has 2 nitrogen and oxygen atoms in total. The van der Waals surface area contributed by atoms with Gasteiger partial charge in [0.05, 0.1) is 5.70 Å². The number of nitrogens with one attached hydrogen (secondary N) is 1. The Bertz CT molecular complexity index is 143. The molecule has 1 aliphatic heterocycles. The summed E-state index contributed by atoms with van der Waals surface area (Å²) in [6.45, 7) is 6.64. The second kappa shape index (κ2) is 3.52. The lowest BCUT2D eigenvalue weighted by Gasteiger charge is -2.08. The molecule has 1 fully saturated rings. The lowest BCUT2D eigenvalue weighted by atomic mass is 10.1. The Hall–Kier alpha value is -0.630.